The van der Waals surface area contributed by atoms with Gasteiger partial charge in [0.05, 0.1) is 25.1 Å². The van der Waals surface area contributed by atoms with Gasteiger partial charge in [-0.2, -0.15) is 0 Å². The minimum Gasteiger partial charge on any atom is -0.478 e. The number of hydrogen-bond donors (Lipinski definition) is 2. The molecule has 0 radical (unpaired) electrons. The fraction of sp³-hybridized carbons (Fsp3) is 0. The van der Waals surface area contributed by atoms with Crippen molar-refractivity contribution in [3.8, 4) is 0 Å². The van der Waals surface area contributed by atoms with E-state index in [-0.39, 0.29) is 0 Å². The Morgan fingerprint density at radius 3 is 2.42 bits per heavy atom. The van der Waals surface area contributed by atoms with E-state index in [1.54, 1.807) is 24.3 Å². The van der Waals surface area contributed by atoms with Crippen molar-refractivity contribution in [1.29, 1.82) is 0 Å². The van der Waals surface area contributed by atoms with E-state index < -0.39 is 25.5 Å². The number of carboxylic acid groups (broad SMARTS) is 1. The van der Waals surface area contributed by atoms with E-state index in [0.717, 1.165) is 5.69 Å². The Morgan fingerprint density at radius 1 is 1.42 bits per heavy atom. The van der Waals surface area contributed by atoms with Crippen LogP contribution in [0.15, 0.2) is 24.3 Å². The van der Waals surface area contributed by atoms with Gasteiger partial charge in [0.15, 0.2) is 0 Å². The molecular formula is C7H6INO2S. The van der Waals surface area contributed by atoms with Crippen LogP contribution in [0.3, 0.4) is 0 Å². The van der Waals surface area contributed by atoms with E-state index in [4.69, 9.17) is 14.4 Å². The molecule has 0 heterocycles. The molecule has 0 aliphatic rings. The number of rotatable bonds is 3. The van der Waals surface area contributed by atoms with Gasteiger partial charge in [-0.25, -0.2) is 4.79 Å². The van der Waals surface area contributed by atoms with E-state index in [0.29, 0.717) is 5.56 Å². The lowest BCUT2D eigenvalue weighted by atomic mass is 10.2. The van der Waals surface area contributed by atoms with Crippen molar-refractivity contribution in [3.63, 3.8) is 0 Å². The highest BCUT2D eigenvalue weighted by Gasteiger charge is 2.00. The molecule has 0 atom stereocenters. The molecule has 0 aliphatic carbocycles. The van der Waals surface area contributed by atoms with Crippen LogP contribution in [0.5, 0.6) is 0 Å². The van der Waals surface area contributed by atoms with Crippen molar-refractivity contribution >= 4 is 40.5 Å². The Bertz CT molecular complexity index is 299. The minimum absolute atomic E-state index is 0.295. The molecule has 0 fully saturated rings. The number of carboxylic acids is 1. The van der Waals surface area contributed by atoms with Gasteiger partial charge in [0.25, 0.3) is 0 Å². The average molecular weight is 295 g/mol. The zero-order valence-electron chi connectivity index (χ0n) is 5.95. The van der Waals surface area contributed by atoms with Gasteiger partial charge in [-0.3, -0.25) is 0 Å². The SMILES string of the molecule is O=C(O)c1ccc(NI=S)cc1. The Balaban J connectivity index is 2.85. The molecule has 0 amide bonds. The second kappa shape index (κ2) is 4.46. The topological polar surface area (TPSA) is 49.3 Å². The van der Waals surface area contributed by atoms with Crippen molar-refractivity contribution in [2.75, 3.05) is 3.53 Å². The summed E-state index contributed by atoms with van der Waals surface area (Å²) < 4.78 is 3.01. The van der Waals surface area contributed by atoms with E-state index in [1.807, 2.05) is 0 Å². The maximum Gasteiger partial charge on any atom is 0.335 e. The van der Waals surface area contributed by atoms with Crippen molar-refractivity contribution < 1.29 is 9.90 Å². The molecule has 1 rings (SSSR count). The summed E-state index contributed by atoms with van der Waals surface area (Å²) in [6.45, 7) is 0. The molecule has 12 heavy (non-hydrogen) atoms. The molecule has 2 N–H and O–H groups in total. The number of aromatic carboxylic acids is 1. The Hall–Kier alpha value is -0.560. The van der Waals surface area contributed by atoms with Crippen LogP contribution in [0.1, 0.15) is 10.4 Å². The summed E-state index contributed by atoms with van der Waals surface area (Å²) in [5.41, 5.74) is 1.19. The van der Waals surface area contributed by atoms with E-state index >= 15 is 0 Å². The van der Waals surface area contributed by atoms with Gasteiger partial charge in [-0.1, -0.05) is 0 Å². The molecule has 0 aliphatic heterocycles. The van der Waals surface area contributed by atoms with E-state index in [1.165, 1.54) is 0 Å². The summed E-state index contributed by atoms with van der Waals surface area (Å²) in [6.07, 6.45) is 0. The zero-order valence-corrected chi connectivity index (χ0v) is 8.93. The third kappa shape index (κ3) is 2.49. The highest BCUT2D eigenvalue weighted by atomic mass is 127. The van der Waals surface area contributed by atoms with Crippen LogP contribution in [-0.4, -0.2) is 11.1 Å². The van der Waals surface area contributed by atoms with Crippen molar-refractivity contribution in [2.45, 2.75) is 0 Å². The van der Waals surface area contributed by atoms with Crippen LogP contribution >= 0.6 is 28.8 Å². The van der Waals surface area contributed by atoms with Gasteiger partial charge >= 0.3 is 5.97 Å². The first-order valence-electron chi connectivity index (χ1n) is 3.09. The van der Waals surface area contributed by atoms with Crippen LogP contribution < -0.4 is 3.53 Å². The van der Waals surface area contributed by atoms with Crippen LogP contribution in [0.2, 0.25) is 0 Å². The smallest absolute Gasteiger partial charge is 0.335 e. The van der Waals surface area contributed by atoms with Crippen molar-refractivity contribution in [1.82, 2.24) is 0 Å². The molecule has 0 saturated carbocycles. The van der Waals surface area contributed by atoms with Gasteiger partial charge in [-0.15, -0.1) is 0 Å². The predicted molar refractivity (Wildman–Crippen MR) is 58.6 cm³/mol. The summed E-state index contributed by atoms with van der Waals surface area (Å²) in [4.78, 5) is 10.4. The molecule has 0 bridgehead atoms. The number of anilines is 1. The highest BCUT2D eigenvalue weighted by Crippen LogP contribution is 2.13. The lowest BCUT2D eigenvalue weighted by Crippen LogP contribution is -1.94. The molecule has 0 aromatic heterocycles. The van der Waals surface area contributed by atoms with Crippen LogP contribution in [0, 0.1) is 0 Å². The third-order valence-corrected chi connectivity index (χ3v) is 2.64. The second-order valence-electron chi connectivity index (χ2n) is 2.05. The summed E-state index contributed by atoms with van der Waals surface area (Å²) in [5, 5.41) is 8.57. The third-order valence-electron chi connectivity index (χ3n) is 1.28. The molecular weight excluding hydrogens is 289 g/mol. The normalized spacial score (nSPS) is 9.33. The summed E-state index contributed by atoms with van der Waals surface area (Å²) in [5.74, 6) is -0.908. The maximum absolute atomic E-state index is 10.4. The largest absolute Gasteiger partial charge is 0.478 e. The Labute approximate surface area is 83.6 Å². The summed E-state index contributed by atoms with van der Waals surface area (Å²) >= 11 is -0.411. The van der Waals surface area contributed by atoms with Crippen LogP contribution in [0.4, 0.5) is 5.69 Å². The zero-order chi connectivity index (χ0) is 8.97. The fourth-order valence-electron chi connectivity index (χ4n) is 0.720. The van der Waals surface area contributed by atoms with E-state index in [2.05, 4.69) is 3.53 Å². The van der Waals surface area contributed by atoms with Gasteiger partial charge in [0.2, 0.25) is 0 Å². The average Bonchev–Trinajstić information content (AvgIpc) is 2.06. The number of hydrogen-bond acceptors (Lipinski definition) is 2. The Morgan fingerprint density at radius 2 is 2.00 bits per heavy atom. The Kier molecular flexibility index (Phi) is 3.54. The number of benzene rings is 1. The van der Waals surface area contributed by atoms with Gasteiger partial charge in [0.1, 0.15) is 0 Å². The first-order valence-corrected chi connectivity index (χ1v) is 7.12. The standard InChI is InChI=1S/C7H6INO2S/c10-7(11)5-1-3-6(4-2-5)9-8-12/h1-4H,(H,9,12)(H,10,11). The molecule has 3 nitrogen and oxygen atoms in total. The molecule has 64 valence electrons. The van der Waals surface area contributed by atoms with Crippen molar-refractivity contribution in [3.05, 3.63) is 29.8 Å². The lowest BCUT2D eigenvalue weighted by Gasteiger charge is -1.98. The van der Waals surface area contributed by atoms with Crippen LogP contribution in [-0.2, 0) is 0 Å². The number of carbonyl (C=O) groups is 1. The molecule has 0 spiro atoms. The second-order valence-corrected chi connectivity index (χ2v) is 4.07. The van der Waals surface area contributed by atoms with Crippen LogP contribution in [0.25, 0.3) is 0 Å². The van der Waals surface area contributed by atoms with Gasteiger partial charge in [0, 0.05) is 5.69 Å². The maximum atomic E-state index is 10.4. The van der Waals surface area contributed by atoms with Gasteiger partial charge < -0.3 is 8.64 Å². The molecule has 5 heteroatoms. The summed E-state index contributed by atoms with van der Waals surface area (Å²) in [6, 6.07) is 6.55. The molecule has 1 aromatic carbocycles. The van der Waals surface area contributed by atoms with Gasteiger partial charge in [-0.05, 0) is 33.5 Å². The fourth-order valence-corrected chi connectivity index (χ4v) is 1.93. The summed E-state index contributed by atoms with van der Waals surface area (Å²) in [7, 11) is 4.80. The monoisotopic (exact) mass is 295 g/mol. The number of nitrogens with one attached hydrogen (secondary N) is 1. The number of halogens is 1. The lowest BCUT2D eigenvalue weighted by molar-refractivity contribution is 0.0697. The first-order chi connectivity index (χ1) is 5.74. The molecule has 0 saturated heterocycles. The molecule has 0 unspecified atom stereocenters. The quantitative estimate of drug-likeness (QED) is 0.665. The van der Waals surface area contributed by atoms with E-state index in [9.17, 15) is 4.79 Å². The predicted octanol–water partition coefficient (Wildman–Crippen LogP) is 2.79. The van der Waals surface area contributed by atoms with Crippen molar-refractivity contribution in [2.24, 2.45) is 0 Å². The molecule has 1 aromatic rings. The minimum atomic E-state index is -0.908. The first kappa shape index (κ1) is 9.53. The highest BCUT2D eigenvalue weighted by molar-refractivity contribution is 14.2.